The predicted octanol–water partition coefficient (Wildman–Crippen LogP) is -1.12. The highest BCUT2D eigenvalue weighted by atomic mass is 16.3. The quantitative estimate of drug-likeness (QED) is 0.419. The highest BCUT2D eigenvalue weighted by Gasteiger charge is 2.19. The van der Waals surface area contributed by atoms with Crippen molar-refractivity contribution in [1.82, 2.24) is 5.32 Å². The second kappa shape index (κ2) is 1.50. The number of rotatable bonds is 0. The minimum absolute atomic E-state index is 0.174. The Hall–Kier alpha value is -0.570. The summed E-state index contributed by atoms with van der Waals surface area (Å²) in [6.07, 6.45) is -0.271. The third-order valence-electron chi connectivity index (χ3n) is 0.889. The fourth-order valence-corrected chi connectivity index (χ4v) is 0.538. The smallest absolute Gasteiger partial charge is 0.243 e. The van der Waals surface area contributed by atoms with Gasteiger partial charge in [0, 0.05) is 0 Å². The molecule has 1 aliphatic heterocycles. The van der Waals surface area contributed by atoms with E-state index >= 15 is 0 Å². The van der Waals surface area contributed by atoms with Crippen LogP contribution in [-0.4, -0.2) is 23.7 Å². The number of hydrogen-bond donors (Lipinski definition) is 1. The van der Waals surface area contributed by atoms with Gasteiger partial charge in [-0.25, -0.2) is 5.32 Å². The Kier molecular flexibility index (Phi) is 0.982. The molecule has 0 aliphatic carbocycles. The van der Waals surface area contributed by atoms with Gasteiger partial charge in [-0.05, 0) is 0 Å². The maximum Gasteiger partial charge on any atom is 0.243 e. The van der Waals surface area contributed by atoms with E-state index in [2.05, 4.69) is 5.32 Å². The summed E-state index contributed by atoms with van der Waals surface area (Å²) >= 11 is 0. The van der Waals surface area contributed by atoms with Crippen molar-refractivity contribution in [1.29, 1.82) is 0 Å². The van der Waals surface area contributed by atoms with Gasteiger partial charge in [0.15, 0.2) is 0 Å². The molecule has 1 radical (unpaired) electrons. The molecule has 39 valence electrons. The molecule has 1 fully saturated rings. The van der Waals surface area contributed by atoms with E-state index in [9.17, 15) is 4.79 Å². The Balaban J connectivity index is 2.40. The fourth-order valence-electron chi connectivity index (χ4n) is 0.538. The molecule has 0 saturated carbocycles. The molecule has 7 heavy (non-hydrogen) atoms. The van der Waals surface area contributed by atoms with Crippen LogP contribution >= 0.6 is 0 Å². The maximum absolute atomic E-state index is 10.1. The van der Waals surface area contributed by atoms with Crippen molar-refractivity contribution < 1.29 is 9.90 Å². The maximum atomic E-state index is 10.1. The lowest BCUT2D eigenvalue weighted by Gasteiger charge is -1.87. The van der Waals surface area contributed by atoms with Gasteiger partial charge in [-0.15, -0.1) is 0 Å². The van der Waals surface area contributed by atoms with Gasteiger partial charge < -0.3 is 5.11 Å². The molecular formula is C4H6NO2. The Bertz CT molecular complexity index is 91.7. The Morgan fingerprint density at radius 1 is 1.86 bits per heavy atom. The topological polar surface area (TPSA) is 51.4 Å². The fraction of sp³-hybridized carbons (Fsp3) is 0.750. The zero-order valence-corrected chi connectivity index (χ0v) is 3.79. The van der Waals surface area contributed by atoms with Crippen LogP contribution in [0.2, 0.25) is 0 Å². The van der Waals surface area contributed by atoms with Crippen LogP contribution in [0.4, 0.5) is 0 Å². The molecule has 1 saturated heterocycles. The summed E-state index contributed by atoms with van der Waals surface area (Å²) in [7, 11) is 0. The first-order valence-corrected chi connectivity index (χ1v) is 2.17. The van der Waals surface area contributed by atoms with Crippen molar-refractivity contribution in [3.63, 3.8) is 0 Å². The Morgan fingerprint density at radius 2 is 2.57 bits per heavy atom. The lowest BCUT2D eigenvalue weighted by molar-refractivity contribution is -0.119. The molecule has 0 spiro atoms. The van der Waals surface area contributed by atoms with Gasteiger partial charge in [0.2, 0.25) is 5.91 Å². The molecule has 0 aromatic heterocycles. The summed E-state index contributed by atoms with van der Waals surface area (Å²) in [6, 6.07) is 0. The van der Waals surface area contributed by atoms with E-state index in [1.54, 1.807) is 0 Å². The number of carbonyl (C=O) groups excluding carboxylic acids is 1. The average Bonchev–Trinajstić information content (AvgIpc) is 1.87. The van der Waals surface area contributed by atoms with E-state index in [4.69, 9.17) is 5.11 Å². The molecule has 3 nitrogen and oxygen atoms in total. The van der Waals surface area contributed by atoms with E-state index in [1.807, 2.05) is 0 Å². The molecule has 3 heteroatoms. The van der Waals surface area contributed by atoms with Gasteiger partial charge in [0.25, 0.3) is 0 Å². The van der Waals surface area contributed by atoms with Crippen LogP contribution in [0.1, 0.15) is 6.42 Å². The van der Waals surface area contributed by atoms with Crippen molar-refractivity contribution in [3.05, 3.63) is 0 Å². The van der Waals surface area contributed by atoms with Crippen LogP contribution in [0.15, 0.2) is 0 Å². The minimum Gasteiger partial charge on any atom is -0.391 e. The summed E-state index contributed by atoms with van der Waals surface area (Å²) in [5, 5.41) is 12.0. The van der Waals surface area contributed by atoms with Crippen LogP contribution < -0.4 is 5.32 Å². The molecule has 1 N–H and O–H groups in total. The number of amides is 1. The molecule has 0 aromatic rings. The molecular weight excluding hydrogens is 94.0 g/mol. The van der Waals surface area contributed by atoms with Crippen molar-refractivity contribution in [2.24, 2.45) is 0 Å². The molecule has 1 rings (SSSR count). The van der Waals surface area contributed by atoms with E-state index in [0.717, 1.165) is 0 Å². The van der Waals surface area contributed by atoms with Gasteiger partial charge >= 0.3 is 0 Å². The Labute approximate surface area is 41.3 Å². The number of hydrogen-bond acceptors (Lipinski definition) is 2. The summed E-state index contributed by atoms with van der Waals surface area (Å²) in [5.74, 6) is -0.174. The number of aliphatic hydroxyl groups excluding tert-OH is 1. The normalized spacial score (nSPS) is 30.4. The average molecular weight is 100 g/mol. The first-order chi connectivity index (χ1) is 3.29. The molecule has 1 amide bonds. The van der Waals surface area contributed by atoms with Crippen LogP contribution in [-0.2, 0) is 4.79 Å². The van der Waals surface area contributed by atoms with E-state index in [1.165, 1.54) is 0 Å². The SMILES string of the molecule is O=C1C[C@@H](O)C[N]1. The third kappa shape index (κ3) is 0.899. The summed E-state index contributed by atoms with van der Waals surface area (Å²) in [5.41, 5.74) is 0. The minimum atomic E-state index is -0.493. The largest absolute Gasteiger partial charge is 0.391 e. The van der Waals surface area contributed by atoms with E-state index < -0.39 is 6.10 Å². The van der Waals surface area contributed by atoms with Crippen LogP contribution in [0.25, 0.3) is 0 Å². The van der Waals surface area contributed by atoms with Gasteiger partial charge in [-0.2, -0.15) is 0 Å². The van der Waals surface area contributed by atoms with Crippen molar-refractivity contribution in [3.8, 4) is 0 Å². The molecule has 0 unspecified atom stereocenters. The predicted molar refractivity (Wildman–Crippen MR) is 22.6 cm³/mol. The summed E-state index contributed by atoms with van der Waals surface area (Å²) < 4.78 is 0. The van der Waals surface area contributed by atoms with E-state index in [-0.39, 0.29) is 12.3 Å². The summed E-state index contributed by atoms with van der Waals surface area (Å²) in [4.78, 5) is 10.1. The zero-order chi connectivity index (χ0) is 5.28. The molecule has 0 aromatic carbocycles. The van der Waals surface area contributed by atoms with Crippen molar-refractivity contribution in [2.75, 3.05) is 6.54 Å². The van der Waals surface area contributed by atoms with Crippen LogP contribution in [0, 0.1) is 0 Å². The lowest BCUT2D eigenvalue weighted by Crippen LogP contribution is -2.06. The number of nitrogens with zero attached hydrogens (tertiary/aromatic N) is 1. The molecule has 1 atom stereocenters. The second-order valence-corrected chi connectivity index (χ2v) is 1.59. The van der Waals surface area contributed by atoms with Gasteiger partial charge in [0.1, 0.15) is 0 Å². The first-order valence-electron chi connectivity index (χ1n) is 2.17. The van der Waals surface area contributed by atoms with Gasteiger partial charge in [-0.1, -0.05) is 0 Å². The standard InChI is InChI=1S/C4H6NO2/c6-3-1-4(7)5-2-3/h3,6H,1-2H2/t3-/m1/s1. The first kappa shape index (κ1) is 4.59. The highest BCUT2D eigenvalue weighted by molar-refractivity contribution is 5.78. The highest BCUT2D eigenvalue weighted by Crippen LogP contribution is 1.98. The number of aliphatic hydroxyl groups is 1. The summed E-state index contributed by atoms with van der Waals surface area (Å²) in [6.45, 7) is 0.304. The van der Waals surface area contributed by atoms with Gasteiger partial charge in [0.05, 0.1) is 19.1 Å². The van der Waals surface area contributed by atoms with E-state index in [0.29, 0.717) is 6.54 Å². The molecule has 0 bridgehead atoms. The monoisotopic (exact) mass is 100 g/mol. The Morgan fingerprint density at radius 3 is 2.71 bits per heavy atom. The number of carbonyl (C=O) groups is 1. The second-order valence-electron chi connectivity index (χ2n) is 1.59. The molecule has 1 heterocycles. The third-order valence-corrected chi connectivity index (χ3v) is 0.889. The zero-order valence-electron chi connectivity index (χ0n) is 3.79. The lowest BCUT2D eigenvalue weighted by atomic mass is 10.3. The van der Waals surface area contributed by atoms with Crippen LogP contribution in [0.5, 0.6) is 0 Å². The van der Waals surface area contributed by atoms with Crippen LogP contribution in [0.3, 0.4) is 0 Å². The van der Waals surface area contributed by atoms with Crippen molar-refractivity contribution >= 4 is 5.91 Å². The molecule has 1 aliphatic rings. The van der Waals surface area contributed by atoms with Gasteiger partial charge in [-0.3, -0.25) is 4.79 Å². The van der Waals surface area contributed by atoms with Crippen molar-refractivity contribution in [2.45, 2.75) is 12.5 Å².